The molecule has 0 fully saturated rings. The average Bonchev–Trinajstić information content (AvgIpc) is 2.80. The van der Waals surface area contributed by atoms with Crippen molar-refractivity contribution in [3.05, 3.63) is 45.9 Å². The lowest BCUT2D eigenvalue weighted by Crippen LogP contribution is -2.06. The molecule has 4 nitrogen and oxygen atoms in total. The highest BCUT2D eigenvalue weighted by atomic mass is 32.1. The molecule has 2 rings (SSSR count). The molecular formula is C11H8F2N2O2S. The molecule has 0 saturated heterocycles. The Balaban J connectivity index is 2.22. The number of aromatic nitrogens is 1. The summed E-state index contributed by atoms with van der Waals surface area (Å²) in [5.74, 6) is -3.36. The molecule has 0 aliphatic heterocycles. The second-order valence-electron chi connectivity index (χ2n) is 3.44. The van der Waals surface area contributed by atoms with Gasteiger partial charge < -0.3 is 10.4 Å². The topological polar surface area (TPSA) is 62.2 Å². The van der Waals surface area contributed by atoms with Crippen molar-refractivity contribution in [3.63, 3.8) is 0 Å². The van der Waals surface area contributed by atoms with Gasteiger partial charge in [0, 0.05) is 17.1 Å². The average molecular weight is 270 g/mol. The lowest BCUT2D eigenvalue weighted by molar-refractivity contribution is 0.0692. The van der Waals surface area contributed by atoms with E-state index in [-0.39, 0.29) is 5.69 Å². The standard InChI is InChI=1S/C11H8F2N2O2S/c12-8-2-9(13)10(1-7(8)11(16)17)15-4-6-3-14-5-18-6/h1-3,5,15H,4H2,(H,16,17). The summed E-state index contributed by atoms with van der Waals surface area (Å²) in [6.45, 7) is 0.298. The van der Waals surface area contributed by atoms with Crippen LogP contribution < -0.4 is 5.32 Å². The Kier molecular flexibility index (Phi) is 3.52. The lowest BCUT2D eigenvalue weighted by Gasteiger charge is -2.07. The molecule has 1 heterocycles. The van der Waals surface area contributed by atoms with Crippen LogP contribution in [-0.2, 0) is 6.54 Å². The maximum Gasteiger partial charge on any atom is 0.338 e. The maximum atomic E-state index is 13.4. The lowest BCUT2D eigenvalue weighted by atomic mass is 10.2. The van der Waals surface area contributed by atoms with Gasteiger partial charge >= 0.3 is 5.97 Å². The van der Waals surface area contributed by atoms with Gasteiger partial charge in [-0.25, -0.2) is 13.6 Å². The van der Waals surface area contributed by atoms with Gasteiger partial charge in [0.2, 0.25) is 0 Å². The van der Waals surface area contributed by atoms with E-state index in [0.717, 1.165) is 10.9 Å². The van der Waals surface area contributed by atoms with E-state index in [1.807, 2.05) is 0 Å². The van der Waals surface area contributed by atoms with Gasteiger partial charge in [-0.3, -0.25) is 4.98 Å². The summed E-state index contributed by atoms with van der Waals surface area (Å²) in [4.78, 5) is 15.4. The van der Waals surface area contributed by atoms with Crippen LogP contribution in [0.2, 0.25) is 0 Å². The molecule has 2 N–H and O–H groups in total. The number of aromatic carboxylic acids is 1. The smallest absolute Gasteiger partial charge is 0.338 e. The van der Waals surface area contributed by atoms with Crippen LogP contribution in [0.3, 0.4) is 0 Å². The number of carbonyl (C=O) groups is 1. The van der Waals surface area contributed by atoms with Gasteiger partial charge in [-0.05, 0) is 6.07 Å². The second-order valence-corrected chi connectivity index (χ2v) is 4.41. The van der Waals surface area contributed by atoms with E-state index in [0.29, 0.717) is 12.6 Å². The number of rotatable bonds is 4. The molecule has 1 aromatic heterocycles. The van der Waals surface area contributed by atoms with E-state index in [2.05, 4.69) is 10.3 Å². The highest BCUT2D eigenvalue weighted by Gasteiger charge is 2.15. The summed E-state index contributed by atoms with van der Waals surface area (Å²) in [5, 5.41) is 11.4. The summed E-state index contributed by atoms with van der Waals surface area (Å²) in [6.07, 6.45) is 1.61. The van der Waals surface area contributed by atoms with Crippen molar-refractivity contribution in [1.29, 1.82) is 0 Å². The third-order valence-corrected chi connectivity index (χ3v) is 3.00. The number of benzene rings is 1. The summed E-state index contributed by atoms with van der Waals surface area (Å²) in [6, 6.07) is 1.49. The first-order valence-electron chi connectivity index (χ1n) is 4.91. The Labute approximate surface area is 105 Å². The molecule has 0 spiro atoms. The molecule has 0 unspecified atom stereocenters. The number of carboxylic acids is 1. The number of anilines is 1. The molecule has 0 amide bonds. The monoisotopic (exact) mass is 270 g/mol. The molecule has 0 radical (unpaired) electrons. The first-order valence-corrected chi connectivity index (χ1v) is 5.79. The number of hydrogen-bond acceptors (Lipinski definition) is 4. The number of nitrogens with zero attached hydrogens (tertiary/aromatic N) is 1. The Hall–Kier alpha value is -2.02. The minimum absolute atomic E-state index is 0.0535. The molecule has 0 atom stereocenters. The molecule has 0 bridgehead atoms. The summed E-state index contributed by atoms with van der Waals surface area (Å²) >= 11 is 1.38. The van der Waals surface area contributed by atoms with Crippen LogP contribution >= 0.6 is 11.3 Å². The number of carboxylic acid groups (broad SMARTS) is 1. The van der Waals surface area contributed by atoms with Crippen LogP contribution in [0.15, 0.2) is 23.8 Å². The zero-order valence-electron chi connectivity index (χ0n) is 8.98. The largest absolute Gasteiger partial charge is 0.478 e. The van der Waals surface area contributed by atoms with E-state index in [1.165, 1.54) is 11.3 Å². The molecule has 2 aromatic rings. The van der Waals surface area contributed by atoms with Gasteiger partial charge in [0.05, 0.1) is 23.3 Å². The summed E-state index contributed by atoms with van der Waals surface area (Å²) < 4.78 is 26.6. The molecule has 18 heavy (non-hydrogen) atoms. The van der Waals surface area contributed by atoms with Crippen LogP contribution in [0.25, 0.3) is 0 Å². The van der Waals surface area contributed by atoms with Crippen molar-refractivity contribution in [2.75, 3.05) is 5.32 Å². The molecule has 0 aliphatic carbocycles. The van der Waals surface area contributed by atoms with Crippen LogP contribution in [0.4, 0.5) is 14.5 Å². The van der Waals surface area contributed by atoms with Gasteiger partial charge in [0.1, 0.15) is 11.6 Å². The molecule has 0 saturated carbocycles. The van der Waals surface area contributed by atoms with Crippen molar-refractivity contribution in [3.8, 4) is 0 Å². The van der Waals surface area contributed by atoms with Crippen LogP contribution in [-0.4, -0.2) is 16.1 Å². The fraction of sp³-hybridized carbons (Fsp3) is 0.0909. The highest BCUT2D eigenvalue weighted by molar-refractivity contribution is 7.09. The van der Waals surface area contributed by atoms with E-state index in [4.69, 9.17) is 5.11 Å². The Morgan fingerprint density at radius 1 is 1.39 bits per heavy atom. The van der Waals surface area contributed by atoms with E-state index in [9.17, 15) is 13.6 Å². The van der Waals surface area contributed by atoms with Crippen molar-refractivity contribution in [2.45, 2.75) is 6.54 Å². The van der Waals surface area contributed by atoms with Crippen LogP contribution in [0.1, 0.15) is 15.2 Å². The van der Waals surface area contributed by atoms with Crippen molar-refractivity contribution in [1.82, 2.24) is 4.98 Å². The second kappa shape index (κ2) is 5.09. The van der Waals surface area contributed by atoms with Gasteiger partial charge in [-0.15, -0.1) is 11.3 Å². The summed E-state index contributed by atoms with van der Waals surface area (Å²) in [5.41, 5.74) is 1.01. The number of nitrogens with one attached hydrogen (secondary N) is 1. The SMILES string of the molecule is O=C(O)c1cc(NCc2cncs2)c(F)cc1F. The Morgan fingerprint density at radius 3 is 2.78 bits per heavy atom. The van der Waals surface area contributed by atoms with Crippen LogP contribution in [0.5, 0.6) is 0 Å². The third-order valence-electron chi connectivity index (χ3n) is 2.22. The van der Waals surface area contributed by atoms with Crippen molar-refractivity contribution < 1.29 is 18.7 Å². The minimum atomic E-state index is -1.44. The Morgan fingerprint density at radius 2 is 2.17 bits per heavy atom. The van der Waals surface area contributed by atoms with Gasteiger partial charge in [-0.2, -0.15) is 0 Å². The molecule has 94 valence electrons. The fourth-order valence-electron chi connectivity index (χ4n) is 1.36. The zero-order valence-corrected chi connectivity index (χ0v) is 9.80. The zero-order chi connectivity index (χ0) is 13.1. The molecule has 7 heteroatoms. The van der Waals surface area contributed by atoms with Crippen LogP contribution in [0, 0.1) is 11.6 Å². The van der Waals surface area contributed by atoms with E-state index in [1.54, 1.807) is 11.7 Å². The number of halogens is 2. The maximum absolute atomic E-state index is 13.4. The summed E-state index contributed by atoms with van der Waals surface area (Å²) in [7, 11) is 0. The minimum Gasteiger partial charge on any atom is -0.478 e. The quantitative estimate of drug-likeness (QED) is 0.896. The van der Waals surface area contributed by atoms with Gasteiger partial charge in [0.25, 0.3) is 0 Å². The normalized spacial score (nSPS) is 10.3. The number of thiazole rings is 1. The molecule has 1 aromatic carbocycles. The fourth-order valence-corrected chi connectivity index (χ4v) is 1.89. The molecular weight excluding hydrogens is 262 g/mol. The van der Waals surface area contributed by atoms with Crippen molar-refractivity contribution >= 4 is 23.0 Å². The first-order chi connectivity index (χ1) is 8.58. The Bertz CT molecular complexity index is 573. The third kappa shape index (κ3) is 2.62. The number of hydrogen-bond donors (Lipinski definition) is 2. The predicted octanol–water partition coefficient (Wildman–Crippen LogP) is 2.73. The van der Waals surface area contributed by atoms with Crippen molar-refractivity contribution in [2.24, 2.45) is 0 Å². The molecule has 0 aliphatic rings. The van der Waals surface area contributed by atoms with Gasteiger partial charge in [-0.1, -0.05) is 0 Å². The van der Waals surface area contributed by atoms with Gasteiger partial charge in [0.15, 0.2) is 0 Å². The highest BCUT2D eigenvalue weighted by Crippen LogP contribution is 2.20. The van der Waals surface area contributed by atoms with E-state index >= 15 is 0 Å². The predicted molar refractivity (Wildman–Crippen MR) is 62.8 cm³/mol. The van der Waals surface area contributed by atoms with E-state index < -0.39 is 23.2 Å². The first kappa shape index (κ1) is 12.4.